The fourth-order valence-electron chi connectivity index (χ4n) is 3.18. The molecule has 4 rings (SSSR count). The van der Waals surface area contributed by atoms with Crippen LogP contribution in [0.1, 0.15) is 25.8 Å². The van der Waals surface area contributed by atoms with Gasteiger partial charge in [-0.3, -0.25) is 14.7 Å². The Morgan fingerprint density at radius 1 is 1.09 bits per heavy atom. The van der Waals surface area contributed by atoms with Gasteiger partial charge in [-0.1, -0.05) is 55.9 Å². The summed E-state index contributed by atoms with van der Waals surface area (Å²) in [4.78, 5) is 24.1. The van der Waals surface area contributed by atoms with Crippen LogP contribution >= 0.6 is 11.8 Å². The van der Waals surface area contributed by atoms with Gasteiger partial charge in [0.05, 0.1) is 5.75 Å². The van der Waals surface area contributed by atoms with Crippen molar-refractivity contribution in [3.8, 4) is 17.2 Å². The number of urea groups is 1. The first kappa shape index (κ1) is 22.7. The summed E-state index contributed by atoms with van der Waals surface area (Å²) < 4.78 is 13.8. The van der Waals surface area contributed by atoms with E-state index in [1.54, 1.807) is 0 Å². The van der Waals surface area contributed by atoms with Crippen molar-refractivity contribution in [2.45, 2.75) is 25.1 Å². The standard InChI is InChI=1S/C23H25N5O4S/c1-15(2)12-24-22(30)25-20(29)14-33-23-27-26-21(28(23)16-8-4-3-5-9-16)19-13-31-17-10-6-7-11-18(17)32-19/h3-11,15,19H,12-14H2,1-2H3,(H2,24,25,29,30)/t19-/m0/s1. The van der Waals surface area contributed by atoms with E-state index in [0.29, 0.717) is 34.9 Å². The highest BCUT2D eigenvalue weighted by Gasteiger charge is 2.29. The van der Waals surface area contributed by atoms with Crippen molar-refractivity contribution >= 4 is 23.7 Å². The van der Waals surface area contributed by atoms with Crippen LogP contribution in [0.5, 0.6) is 11.5 Å². The smallest absolute Gasteiger partial charge is 0.321 e. The van der Waals surface area contributed by atoms with Crippen molar-refractivity contribution in [1.82, 2.24) is 25.4 Å². The molecule has 0 saturated carbocycles. The normalized spacial score (nSPS) is 14.7. The number of hydrogen-bond acceptors (Lipinski definition) is 7. The molecule has 0 spiro atoms. The number of imide groups is 1. The van der Waals surface area contributed by atoms with Crippen LogP contribution in [-0.2, 0) is 4.79 Å². The second-order valence-electron chi connectivity index (χ2n) is 7.82. The highest BCUT2D eigenvalue weighted by atomic mass is 32.2. The number of nitrogens with zero attached hydrogens (tertiary/aromatic N) is 3. The van der Waals surface area contributed by atoms with Crippen molar-refractivity contribution in [1.29, 1.82) is 0 Å². The molecule has 1 aliphatic rings. The minimum absolute atomic E-state index is 0.00488. The minimum Gasteiger partial charge on any atom is -0.485 e. The number of benzene rings is 2. The molecule has 2 aromatic carbocycles. The highest BCUT2D eigenvalue weighted by molar-refractivity contribution is 7.99. The first-order chi connectivity index (χ1) is 16.0. The number of ether oxygens (including phenoxy) is 2. The summed E-state index contributed by atoms with van der Waals surface area (Å²) in [5.74, 6) is 1.76. The molecule has 2 heterocycles. The van der Waals surface area contributed by atoms with Crippen LogP contribution in [0.4, 0.5) is 4.79 Å². The van der Waals surface area contributed by atoms with Crippen LogP contribution in [0.25, 0.3) is 5.69 Å². The Bertz CT molecular complexity index is 1120. The Balaban J connectivity index is 1.50. The molecule has 172 valence electrons. The summed E-state index contributed by atoms with van der Waals surface area (Å²) in [5, 5.41) is 14.2. The monoisotopic (exact) mass is 467 g/mol. The first-order valence-corrected chi connectivity index (χ1v) is 11.6. The predicted octanol–water partition coefficient (Wildman–Crippen LogP) is 3.35. The van der Waals surface area contributed by atoms with Gasteiger partial charge in [0.15, 0.2) is 28.6 Å². The van der Waals surface area contributed by atoms with Crippen LogP contribution in [-0.4, -0.2) is 45.6 Å². The van der Waals surface area contributed by atoms with Crippen LogP contribution in [0.2, 0.25) is 0 Å². The minimum atomic E-state index is -0.508. The van der Waals surface area contributed by atoms with Crippen LogP contribution < -0.4 is 20.1 Å². The van der Waals surface area contributed by atoms with E-state index in [2.05, 4.69) is 20.8 Å². The molecular weight excluding hydrogens is 442 g/mol. The third-order valence-corrected chi connectivity index (χ3v) is 5.65. The number of fused-ring (bicyclic) bond motifs is 1. The topological polar surface area (TPSA) is 107 Å². The summed E-state index contributed by atoms with van der Waals surface area (Å²) in [6.45, 7) is 4.73. The largest absolute Gasteiger partial charge is 0.485 e. The van der Waals surface area contributed by atoms with Crippen molar-refractivity contribution < 1.29 is 19.1 Å². The van der Waals surface area contributed by atoms with Gasteiger partial charge in [-0.15, -0.1) is 10.2 Å². The van der Waals surface area contributed by atoms with E-state index < -0.39 is 18.0 Å². The Hall–Kier alpha value is -3.53. The summed E-state index contributed by atoms with van der Waals surface area (Å²) in [5.41, 5.74) is 0.831. The number of thioether (sulfide) groups is 1. The van der Waals surface area contributed by atoms with Crippen molar-refractivity contribution in [2.24, 2.45) is 5.92 Å². The molecule has 1 aliphatic heterocycles. The molecule has 3 aromatic rings. The van der Waals surface area contributed by atoms with E-state index in [1.807, 2.05) is 73.0 Å². The average molecular weight is 468 g/mol. The van der Waals surface area contributed by atoms with Gasteiger partial charge >= 0.3 is 6.03 Å². The second-order valence-corrected chi connectivity index (χ2v) is 8.76. The van der Waals surface area contributed by atoms with Crippen LogP contribution in [0.15, 0.2) is 59.8 Å². The maximum Gasteiger partial charge on any atom is 0.321 e. The van der Waals surface area contributed by atoms with Crippen LogP contribution in [0.3, 0.4) is 0 Å². The number of nitrogens with one attached hydrogen (secondary N) is 2. The number of carbonyl (C=O) groups is 2. The van der Waals surface area contributed by atoms with E-state index >= 15 is 0 Å². The molecule has 1 aromatic heterocycles. The van der Waals surface area contributed by atoms with E-state index in [0.717, 1.165) is 5.69 Å². The van der Waals surface area contributed by atoms with Crippen molar-refractivity contribution in [2.75, 3.05) is 18.9 Å². The van der Waals surface area contributed by atoms with E-state index in [-0.39, 0.29) is 12.4 Å². The Morgan fingerprint density at radius 2 is 1.82 bits per heavy atom. The van der Waals surface area contributed by atoms with Crippen LogP contribution in [0, 0.1) is 5.92 Å². The maximum absolute atomic E-state index is 12.3. The lowest BCUT2D eigenvalue weighted by Crippen LogP contribution is -2.41. The number of carbonyl (C=O) groups excluding carboxylic acids is 2. The zero-order chi connectivity index (χ0) is 23.2. The summed E-state index contributed by atoms with van der Waals surface area (Å²) >= 11 is 1.19. The molecule has 2 N–H and O–H groups in total. The first-order valence-electron chi connectivity index (χ1n) is 10.6. The lowest BCUT2D eigenvalue weighted by Gasteiger charge is -2.26. The molecule has 9 nitrogen and oxygen atoms in total. The summed E-state index contributed by atoms with van der Waals surface area (Å²) in [6.07, 6.45) is -0.474. The molecule has 0 saturated heterocycles. The third-order valence-electron chi connectivity index (χ3n) is 4.73. The molecule has 1 atom stereocenters. The van der Waals surface area contributed by atoms with Gasteiger partial charge in [0, 0.05) is 12.2 Å². The Kier molecular flexibility index (Phi) is 7.13. The van der Waals surface area contributed by atoms with Gasteiger partial charge in [-0.2, -0.15) is 0 Å². The van der Waals surface area contributed by atoms with Gasteiger partial charge in [0.1, 0.15) is 6.61 Å². The van der Waals surface area contributed by atoms with E-state index in [9.17, 15) is 9.59 Å². The molecule has 0 fully saturated rings. The van der Waals surface area contributed by atoms with Gasteiger partial charge in [-0.25, -0.2) is 4.79 Å². The predicted molar refractivity (Wildman–Crippen MR) is 124 cm³/mol. The molecular formula is C23H25N5O4S. The molecule has 3 amide bonds. The molecule has 33 heavy (non-hydrogen) atoms. The SMILES string of the molecule is CC(C)CNC(=O)NC(=O)CSc1nnc([C@@H]2COc3ccccc3O2)n1-c1ccccc1. The molecule has 0 bridgehead atoms. The lowest BCUT2D eigenvalue weighted by atomic mass is 10.2. The van der Waals surface area contributed by atoms with Gasteiger partial charge in [0.2, 0.25) is 5.91 Å². The molecule has 0 aliphatic carbocycles. The fraction of sp³-hybridized carbons (Fsp3) is 0.304. The fourth-order valence-corrected chi connectivity index (χ4v) is 3.94. The maximum atomic E-state index is 12.3. The Labute approximate surface area is 195 Å². The number of rotatable bonds is 7. The number of para-hydroxylation sites is 3. The van der Waals surface area contributed by atoms with E-state index in [4.69, 9.17) is 9.47 Å². The highest BCUT2D eigenvalue weighted by Crippen LogP contribution is 2.36. The zero-order valence-corrected chi connectivity index (χ0v) is 19.2. The van der Waals surface area contributed by atoms with Crippen molar-refractivity contribution in [3.63, 3.8) is 0 Å². The second kappa shape index (κ2) is 10.4. The van der Waals surface area contributed by atoms with E-state index in [1.165, 1.54) is 11.8 Å². The van der Waals surface area contributed by atoms with Gasteiger partial charge in [-0.05, 0) is 30.2 Å². The molecule has 0 radical (unpaired) electrons. The average Bonchev–Trinajstić information content (AvgIpc) is 3.25. The zero-order valence-electron chi connectivity index (χ0n) is 18.4. The summed E-state index contributed by atoms with van der Waals surface area (Å²) in [6, 6.07) is 16.5. The van der Waals surface area contributed by atoms with Gasteiger partial charge < -0.3 is 14.8 Å². The third kappa shape index (κ3) is 5.64. The molecule has 0 unspecified atom stereocenters. The lowest BCUT2D eigenvalue weighted by molar-refractivity contribution is -0.117. The Morgan fingerprint density at radius 3 is 2.58 bits per heavy atom. The number of amides is 3. The quantitative estimate of drug-likeness (QED) is 0.513. The summed E-state index contributed by atoms with van der Waals surface area (Å²) in [7, 11) is 0. The van der Waals surface area contributed by atoms with Gasteiger partial charge in [0.25, 0.3) is 0 Å². The molecule has 10 heteroatoms. The van der Waals surface area contributed by atoms with Crippen molar-refractivity contribution in [3.05, 3.63) is 60.4 Å². The number of hydrogen-bond donors (Lipinski definition) is 2. The number of aromatic nitrogens is 3.